The minimum atomic E-state index is -0.427. The topological polar surface area (TPSA) is 78.1 Å². The zero-order valence-electron chi connectivity index (χ0n) is 13.9. The molecule has 1 aliphatic carbocycles. The Bertz CT molecular complexity index is 813. The molecule has 2 heterocycles. The number of fused-ring (bicyclic) bond motifs is 1. The van der Waals surface area contributed by atoms with Crippen LogP contribution in [0.15, 0.2) is 18.2 Å². The highest BCUT2D eigenvalue weighted by atomic mass is 19.1. The molecule has 0 bridgehead atoms. The highest BCUT2D eigenvalue weighted by Crippen LogP contribution is 2.31. The van der Waals surface area contributed by atoms with E-state index >= 15 is 0 Å². The minimum Gasteiger partial charge on any atom is -0.353 e. The summed E-state index contributed by atoms with van der Waals surface area (Å²) in [4.78, 5) is 26.3. The van der Waals surface area contributed by atoms with Gasteiger partial charge in [0.25, 0.3) is 0 Å². The first-order valence-corrected chi connectivity index (χ1v) is 8.87. The molecule has 2 N–H and O–H groups in total. The van der Waals surface area contributed by atoms with Crippen LogP contribution in [0.3, 0.4) is 0 Å². The number of aromatic amines is 1. The Balaban J connectivity index is 1.51. The fourth-order valence-electron chi connectivity index (χ4n) is 3.86. The Morgan fingerprint density at radius 2 is 2.08 bits per heavy atom. The van der Waals surface area contributed by atoms with Gasteiger partial charge in [-0.3, -0.25) is 19.6 Å². The lowest BCUT2D eigenvalue weighted by molar-refractivity contribution is -0.127. The van der Waals surface area contributed by atoms with Crippen molar-refractivity contribution in [2.24, 2.45) is 5.92 Å². The summed E-state index contributed by atoms with van der Waals surface area (Å²) in [6, 6.07) is 4.86. The zero-order chi connectivity index (χ0) is 17.4. The number of hydrogen-bond acceptors (Lipinski definition) is 3. The minimum absolute atomic E-state index is 0.0805. The summed E-state index contributed by atoms with van der Waals surface area (Å²) in [6.45, 7) is 0.242. The lowest BCUT2D eigenvalue weighted by atomic mass is 9.95. The Morgan fingerprint density at radius 1 is 1.28 bits per heavy atom. The summed E-state index contributed by atoms with van der Waals surface area (Å²) in [6.07, 6.45) is 5.65. The molecule has 7 heteroatoms. The molecule has 6 nitrogen and oxygen atoms in total. The molecule has 2 aliphatic rings. The number of halogens is 1. The Morgan fingerprint density at radius 3 is 2.88 bits per heavy atom. The van der Waals surface area contributed by atoms with Crippen molar-refractivity contribution in [3.63, 3.8) is 0 Å². The van der Waals surface area contributed by atoms with E-state index in [4.69, 9.17) is 0 Å². The molecule has 0 unspecified atom stereocenters. The van der Waals surface area contributed by atoms with Crippen molar-refractivity contribution in [1.82, 2.24) is 15.5 Å². The number of nitrogens with zero attached hydrogens (tertiary/aromatic N) is 2. The van der Waals surface area contributed by atoms with Gasteiger partial charge in [-0.1, -0.05) is 25.3 Å². The third-order valence-corrected chi connectivity index (χ3v) is 5.22. The van der Waals surface area contributed by atoms with E-state index in [0.717, 1.165) is 25.7 Å². The second-order valence-corrected chi connectivity index (χ2v) is 6.96. The van der Waals surface area contributed by atoms with Crippen LogP contribution < -0.4 is 10.2 Å². The largest absolute Gasteiger partial charge is 0.353 e. The SMILES string of the molecule is O=C(NC1CCCCC1)[C@@H]1CC(=O)N(c2n[nH]c3cccc(F)c23)C1. The van der Waals surface area contributed by atoms with Crippen molar-refractivity contribution < 1.29 is 14.0 Å². The van der Waals surface area contributed by atoms with Crippen LogP contribution in [0.2, 0.25) is 0 Å². The number of H-pyrrole nitrogens is 1. The molecule has 2 fully saturated rings. The first-order valence-electron chi connectivity index (χ1n) is 8.87. The number of carbonyl (C=O) groups excluding carboxylic acids is 2. The van der Waals surface area contributed by atoms with Crippen LogP contribution in [0.5, 0.6) is 0 Å². The first-order chi connectivity index (χ1) is 12.1. The predicted molar refractivity (Wildman–Crippen MR) is 91.5 cm³/mol. The number of nitrogens with one attached hydrogen (secondary N) is 2. The normalized spacial score (nSPS) is 21.9. The Hall–Kier alpha value is -2.44. The Labute approximate surface area is 144 Å². The molecule has 1 aromatic heterocycles. The van der Waals surface area contributed by atoms with Crippen molar-refractivity contribution in [2.45, 2.75) is 44.6 Å². The second kappa shape index (κ2) is 6.46. The molecule has 0 radical (unpaired) electrons. The van der Waals surface area contributed by atoms with E-state index in [2.05, 4.69) is 15.5 Å². The van der Waals surface area contributed by atoms with Crippen molar-refractivity contribution in [3.05, 3.63) is 24.0 Å². The van der Waals surface area contributed by atoms with E-state index in [1.54, 1.807) is 12.1 Å². The first kappa shape index (κ1) is 16.1. The molecule has 2 aromatic rings. The van der Waals surface area contributed by atoms with Crippen LogP contribution in [-0.2, 0) is 9.59 Å². The maximum absolute atomic E-state index is 14.1. The smallest absolute Gasteiger partial charge is 0.229 e. The lowest BCUT2D eigenvalue weighted by Crippen LogP contribution is -2.40. The molecule has 1 saturated carbocycles. The van der Waals surface area contributed by atoms with Crippen LogP contribution in [-0.4, -0.2) is 34.6 Å². The van der Waals surface area contributed by atoms with Crippen LogP contribution >= 0.6 is 0 Å². The van der Waals surface area contributed by atoms with Gasteiger partial charge in [0, 0.05) is 19.0 Å². The fourth-order valence-corrected chi connectivity index (χ4v) is 3.86. The summed E-state index contributed by atoms with van der Waals surface area (Å²) < 4.78 is 14.1. The molecule has 1 aromatic carbocycles. The molecular formula is C18H21FN4O2. The van der Waals surface area contributed by atoms with Gasteiger partial charge in [-0.2, -0.15) is 5.10 Å². The Kier molecular flexibility index (Phi) is 4.15. The number of rotatable bonds is 3. The molecule has 1 atom stereocenters. The summed E-state index contributed by atoms with van der Waals surface area (Å²) in [7, 11) is 0. The maximum atomic E-state index is 14.1. The molecular weight excluding hydrogens is 323 g/mol. The van der Waals surface area contributed by atoms with Gasteiger partial charge in [-0.25, -0.2) is 4.39 Å². The third kappa shape index (κ3) is 2.99. The number of anilines is 1. The van der Waals surface area contributed by atoms with Gasteiger partial charge < -0.3 is 5.32 Å². The standard InChI is InChI=1S/C18H21FN4O2/c19-13-7-4-8-14-16(13)17(22-21-14)23-10-11(9-15(23)24)18(25)20-12-5-2-1-3-6-12/h4,7-8,11-12H,1-3,5-6,9-10H2,(H,20,25)(H,21,22)/t11-/m1/s1. The van der Waals surface area contributed by atoms with Gasteiger partial charge in [0.15, 0.2) is 5.82 Å². The van der Waals surface area contributed by atoms with Gasteiger partial charge in [0.05, 0.1) is 16.8 Å². The molecule has 1 saturated heterocycles. The van der Waals surface area contributed by atoms with Gasteiger partial charge >= 0.3 is 0 Å². The van der Waals surface area contributed by atoms with Gasteiger partial charge in [-0.05, 0) is 25.0 Å². The number of hydrogen-bond donors (Lipinski definition) is 2. The lowest BCUT2D eigenvalue weighted by Gasteiger charge is -2.24. The second-order valence-electron chi connectivity index (χ2n) is 6.96. The van der Waals surface area contributed by atoms with Gasteiger partial charge in [-0.15, -0.1) is 0 Å². The van der Waals surface area contributed by atoms with Crippen molar-refractivity contribution in [1.29, 1.82) is 0 Å². The van der Waals surface area contributed by atoms with E-state index in [-0.39, 0.29) is 36.6 Å². The summed E-state index contributed by atoms with van der Waals surface area (Å²) in [5.41, 5.74) is 0.540. The van der Waals surface area contributed by atoms with Gasteiger partial charge in [0.1, 0.15) is 5.82 Å². The van der Waals surface area contributed by atoms with Crippen LogP contribution in [0.1, 0.15) is 38.5 Å². The molecule has 4 rings (SSSR count). The summed E-state index contributed by atoms with van der Waals surface area (Å²) in [5, 5.41) is 10.2. The molecule has 25 heavy (non-hydrogen) atoms. The summed E-state index contributed by atoms with van der Waals surface area (Å²) in [5.74, 6) is -0.841. The molecule has 1 aliphatic heterocycles. The van der Waals surface area contributed by atoms with Crippen LogP contribution in [0.25, 0.3) is 10.9 Å². The fraction of sp³-hybridized carbons (Fsp3) is 0.500. The molecule has 2 amide bonds. The number of aromatic nitrogens is 2. The average Bonchev–Trinajstić information content (AvgIpc) is 3.20. The van der Waals surface area contributed by atoms with E-state index in [0.29, 0.717) is 10.9 Å². The molecule has 0 spiro atoms. The number of carbonyl (C=O) groups is 2. The predicted octanol–water partition coefficient (Wildman–Crippen LogP) is 2.50. The van der Waals surface area contributed by atoms with Crippen LogP contribution in [0, 0.1) is 11.7 Å². The van der Waals surface area contributed by atoms with E-state index in [9.17, 15) is 14.0 Å². The van der Waals surface area contributed by atoms with Crippen molar-refractivity contribution >= 4 is 28.5 Å². The van der Waals surface area contributed by atoms with Gasteiger partial charge in [0.2, 0.25) is 11.8 Å². The highest BCUT2D eigenvalue weighted by molar-refractivity contribution is 6.05. The summed E-state index contributed by atoms with van der Waals surface area (Å²) >= 11 is 0. The number of amides is 2. The molecule has 132 valence electrons. The third-order valence-electron chi connectivity index (χ3n) is 5.22. The van der Waals surface area contributed by atoms with E-state index in [1.807, 2.05) is 0 Å². The maximum Gasteiger partial charge on any atom is 0.229 e. The van der Waals surface area contributed by atoms with Crippen molar-refractivity contribution in [2.75, 3.05) is 11.4 Å². The number of benzene rings is 1. The van der Waals surface area contributed by atoms with E-state index < -0.39 is 11.7 Å². The monoisotopic (exact) mass is 344 g/mol. The van der Waals surface area contributed by atoms with Crippen molar-refractivity contribution in [3.8, 4) is 0 Å². The van der Waals surface area contributed by atoms with E-state index in [1.165, 1.54) is 17.4 Å². The average molecular weight is 344 g/mol. The quantitative estimate of drug-likeness (QED) is 0.898. The van der Waals surface area contributed by atoms with Crippen LogP contribution in [0.4, 0.5) is 10.2 Å². The zero-order valence-corrected chi connectivity index (χ0v) is 13.9. The highest BCUT2D eigenvalue weighted by Gasteiger charge is 2.37.